The Labute approximate surface area is 52.1 Å². The van der Waals surface area contributed by atoms with Gasteiger partial charge in [0.2, 0.25) is 0 Å². The highest BCUT2D eigenvalue weighted by Crippen LogP contribution is 1.74. The Morgan fingerprint density at radius 3 is 2.78 bits per heavy atom. The fraction of sp³-hybridized carbons (Fsp3) is 0. The van der Waals surface area contributed by atoms with Crippen LogP contribution in [-0.2, 0) is 0 Å². The molecule has 1 rings (SSSR count). The lowest BCUT2D eigenvalue weighted by atomic mass is 10.5. The molecule has 0 unspecified atom stereocenters. The zero-order chi connectivity index (χ0) is 6.69. The monoisotopic (exact) mass is 122 g/mol. The lowest BCUT2D eigenvalue weighted by Crippen LogP contribution is -2.15. The molecule has 0 spiro atoms. The molecular weight excluding hydrogens is 116 g/mol. The largest absolute Gasteiger partial charge is 0.291 e. The lowest BCUT2D eigenvalue weighted by Gasteiger charge is -1.90. The molecule has 0 fully saturated rings. The van der Waals surface area contributed by atoms with Crippen molar-refractivity contribution in [2.75, 3.05) is 0 Å². The Kier molecular flexibility index (Phi) is 1.44. The van der Waals surface area contributed by atoms with Gasteiger partial charge in [-0.3, -0.25) is 14.8 Å². The first-order valence-electron chi connectivity index (χ1n) is 2.52. The van der Waals surface area contributed by atoms with E-state index < -0.39 is 0 Å². The molecule has 0 saturated carbocycles. The molecule has 0 amide bonds. The van der Waals surface area contributed by atoms with Crippen LogP contribution in [-0.4, -0.2) is 10.9 Å². The first-order valence-corrected chi connectivity index (χ1v) is 2.52. The number of hydrogen-bond donors (Lipinski definition) is 1. The van der Waals surface area contributed by atoms with Crippen LogP contribution in [0.25, 0.3) is 0 Å². The first-order chi connectivity index (χ1) is 4.34. The van der Waals surface area contributed by atoms with E-state index in [0.717, 1.165) is 6.34 Å². The molecule has 0 radical (unpaired) electrons. The maximum atomic E-state index is 10.7. The van der Waals surface area contributed by atoms with Gasteiger partial charge in [0.1, 0.15) is 0 Å². The highest BCUT2D eigenvalue weighted by molar-refractivity contribution is 5.53. The molecule has 0 aliphatic heterocycles. The van der Waals surface area contributed by atoms with E-state index in [1.165, 1.54) is 16.8 Å². The predicted molar refractivity (Wildman–Crippen MR) is 34.9 cm³/mol. The van der Waals surface area contributed by atoms with Crippen LogP contribution in [0, 0.1) is 5.41 Å². The van der Waals surface area contributed by atoms with E-state index in [1.807, 2.05) is 0 Å². The highest BCUT2D eigenvalue weighted by atomic mass is 16.1. The van der Waals surface area contributed by atoms with Crippen molar-refractivity contribution in [3.05, 3.63) is 34.7 Å². The molecule has 3 nitrogen and oxygen atoms in total. The number of pyridine rings is 1. The summed E-state index contributed by atoms with van der Waals surface area (Å²) >= 11 is 0. The fourth-order valence-electron chi connectivity index (χ4n) is 0.546. The van der Waals surface area contributed by atoms with E-state index in [-0.39, 0.29) is 5.56 Å². The lowest BCUT2D eigenvalue weighted by molar-refractivity contribution is 1.07. The van der Waals surface area contributed by atoms with E-state index >= 15 is 0 Å². The first kappa shape index (κ1) is 5.75. The second-order valence-corrected chi connectivity index (χ2v) is 1.58. The van der Waals surface area contributed by atoms with Crippen molar-refractivity contribution in [3.63, 3.8) is 0 Å². The molecule has 1 N–H and O–H groups in total. The molecule has 0 saturated heterocycles. The molecule has 46 valence electrons. The summed E-state index contributed by atoms with van der Waals surface area (Å²) in [6.45, 7) is 0. The van der Waals surface area contributed by atoms with Gasteiger partial charge in [0.25, 0.3) is 5.56 Å². The maximum Gasteiger partial charge on any atom is 0.255 e. The van der Waals surface area contributed by atoms with Crippen LogP contribution >= 0.6 is 0 Å². The van der Waals surface area contributed by atoms with Crippen molar-refractivity contribution >= 4 is 6.34 Å². The minimum absolute atomic E-state index is 0.174. The van der Waals surface area contributed by atoms with Gasteiger partial charge in [-0.2, -0.15) is 0 Å². The summed E-state index contributed by atoms with van der Waals surface area (Å²) in [6, 6.07) is 4.75. The quantitative estimate of drug-likeness (QED) is 0.422. The van der Waals surface area contributed by atoms with E-state index in [9.17, 15) is 4.79 Å². The van der Waals surface area contributed by atoms with E-state index in [4.69, 9.17) is 5.41 Å². The molecule has 0 aliphatic carbocycles. The predicted octanol–water partition coefficient (Wildman–Crippen LogP) is 0.303. The topological polar surface area (TPSA) is 45.9 Å². The van der Waals surface area contributed by atoms with Gasteiger partial charge in [-0.1, -0.05) is 6.07 Å². The number of nitrogens with zero attached hydrogens (tertiary/aromatic N) is 1. The van der Waals surface area contributed by atoms with Gasteiger partial charge in [0, 0.05) is 12.3 Å². The van der Waals surface area contributed by atoms with Gasteiger partial charge in [-0.25, -0.2) is 0 Å². The van der Waals surface area contributed by atoms with E-state index in [0.29, 0.717) is 0 Å². The Morgan fingerprint density at radius 2 is 2.33 bits per heavy atom. The summed E-state index contributed by atoms with van der Waals surface area (Å²) in [5, 5.41) is 6.72. The average Bonchev–Trinajstić information content (AvgIpc) is 1.89. The zero-order valence-electron chi connectivity index (χ0n) is 4.74. The third-order valence-corrected chi connectivity index (χ3v) is 0.990. The summed E-state index contributed by atoms with van der Waals surface area (Å²) in [6.07, 6.45) is 2.51. The van der Waals surface area contributed by atoms with Crippen LogP contribution in [0.3, 0.4) is 0 Å². The van der Waals surface area contributed by atoms with Gasteiger partial charge in [-0.05, 0) is 6.07 Å². The molecule has 0 bridgehead atoms. The molecule has 1 aromatic heterocycles. The SMILES string of the molecule is N=Cn1ccccc1=O. The van der Waals surface area contributed by atoms with Crippen molar-refractivity contribution in [3.8, 4) is 0 Å². The van der Waals surface area contributed by atoms with Crippen molar-refractivity contribution in [1.29, 1.82) is 5.41 Å². The number of nitrogens with one attached hydrogen (secondary N) is 1. The van der Waals surface area contributed by atoms with Crippen molar-refractivity contribution in [2.45, 2.75) is 0 Å². The normalized spacial score (nSPS) is 8.89. The highest BCUT2D eigenvalue weighted by Gasteiger charge is 1.83. The molecule has 0 aliphatic rings. The molecule has 9 heavy (non-hydrogen) atoms. The summed E-state index contributed by atoms with van der Waals surface area (Å²) in [5.74, 6) is 0. The van der Waals surface area contributed by atoms with Crippen LogP contribution < -0.4 is 5.56 Å². The van der Waals surface area contributed by atoms with E-state index in [1.54, 1.807) is 12.1 Å². The average molecular weight is 122 g/mol. The van der Waals surface area contributed by atoms with Crippen LogP contribution in [0.15, 0.2) is 29.2 Å². The molecular formula is C6H6N2O. The Morgan fingerprint density at radius 1 is 1.56 bits per heavy atom. The Hall–Kier alpha value is -1.38. The maximum absolute atomic E-state index is 10.7. The van der Waals surface area contributed by atoms with Gasteiger partial charge in [-0.15, -0.1) is 0 Å². The fourth-order valence-corrected chi connectivity index (χ4v) is 0.546. The third kappa shape index (κ3) is 1.05. The van der Waals surface area contributed by atoms with E-state index in [2.05, 4.69) is 0 Å². The summed E-state index contributed by atoms with van der Waals surface area (Å²) < 4.78 is 1.19. The van der Waals surface area contributed by atoms with Crippen LogP contribution in [0.5, 0.6) is 0 Å². The summed E-state index contributed by atoms with van der Waals surface area (Å²) in [7, 11) is 0. The second-order valence-electron chi connectivity index (χ2n) is 1.58. The number of hydrogen-bond acceptors (Lipinski definition) is 2. The summed E-state index contributed by atoms with van der Waals surface area (Å²) in [4.78, 5) is 10.7. The standard InChI is InChI=1S/C6H6N2O/c7-5-8-4-2-1-3-6(8)9/h1-5,7H. The second kappa shape index (κ2) is 2.26. The third-order valence-electron chi connectivity index (χ3n) is 0.990. The van der Waals surface area contributed by atoms with Crippen molar-refractivity contribution in [2.24, 2.45) is 0 Å². The van der Waals surface area contributed by atoms with Crippen molar-refractivity contribution < 1.29 is 0 Å². The zero-order valence-corrected chi connectivity index (χ0v) is 4.74. The van der Waals surface area contributed by atoms with Crippen molar-refractivity contribution in [1.82, 2.24) is 4.57 Å². The smallest absolute Gasteiger partial charge is 0.255 e. The van der Waals surface area contributed by atoms with Crippen LogP contribution in [0.4, 0.5) is 0 Å². The molecule has 0 atom stereocenters. The van der Waals surface area contributed by atoms with Gasteiger partial charge >= 0.3 is 0 Å². The van der Waals surface area contributed by atoms with Gasteiger partial charge < -0.3 is 0 Å². The van der Waals surface area contributed by atoms with Gasteiger partial charge in [0.05, 0.1) is 6.34 Å². The minimum Gasteiger partial charge on any atom is -0.291 e. The molecule has 3 heteroatoms. The Balaban J connectivity index is 3.32. The summed E-state index contributed by atoms with van der Waals surface area (Å²) in [5.41, 5.74) is -0.174. The Bertz CT molecular complexity index is 264. The number of rotatable bonds is 1. The van der Waals surface area contributed by atoms with Gasteiger partial charge in [0.15, 0.2) is 0 Å². The minimum atomic E-state index is -0.174. The molecule has 1 heterocycles. The molecule has 1 aromatic rings. The van der Waals surface area contributed by atoms with Crippen LogP contribution in [0.2, 0.25) is 0 Å². The number of aromatic nitrogens is 1. The van der Waals surface area contributed by atoms with Crippen LogP contribution in [0.1, 0.15) is 0 Å². The molecule has 0 aromatic carbocycles.